The van der Waals surface area contributed by atoms with Crippen molar-refractivity contribution in [3.8, 4) is 0 Å². The summed E-state index contributed by atoms with van der Waals surface area (Å²) in [7, 11) is 3.88. The number of carbonyl (C=O) groups is 2. The molecule has 7 nitrogen and oxygen atoms in total. The molecule has 0 radical (unpaired) electrons. The summed E-state index contributed by atoms with van der Waals surface area (Å²) >= 11 is 0. The Morgan fingerprint density at radius 3 is 2.52 bits per heavy atom. The number of nitrogens with one attached hydrogen (secondary N) is 1. The third-order valence-corrected chi connectivity index (χ3v) is 4.18. The number of carbonyl (C=O) groups excluding carboxylic acids is 2. The molecule has 1 saturated heterocycles. The van der Waals surface area contributed by atoms with Crippen molar-refractivity contribution in [2.45, 2.75) is 26.7 Å². The molecule has 1 N–H and O–H groups in total. The number of rotatable bonds is 5. The normalized spacial score (nSPS) is 15.2. The number of likely N-dealkylation sites (tertiary alicyclic amines) is 1. The lowest BCUT2D eigenvalue weighted by Crippen LogP contribution is -2.42. The van der Waals surface area contributed by atoms with Gasteiger partial charge in [-0.05, 0) is 30.9 Å². The Bertz CT molecular complexity index is 578. The van der Waals surface area contributed by atoms with Crippen molar-refractivity contribution in [2.24, 2.45) is 11.8 Å². The van der Waals surface area contributed by atoms with Crippen LogP contribution in [0.25, 0.3) is 0 Å². The highest BCUT2D eigenvalue weighted by Crippen LogP contribution is 2.20. The van der Waals surface area contributed by atoms with Crippen LogP contribution < -0.4 is 10.2 Å². The molecule has 2 amide bonds. The topological polar surface area (TPSA) is 74.8 Å². The van der Waals surface area contributed by atoms with Gasteiger partial charge >= 0.3 is 6.09 Å². The second-order valence-electron chi connectivity index (χ2n) is 7.02. The van der Waals surface area contributed by atoms with E-state index in [1.54, 1.807) is 17.2 Å². The van der Waals surface area contributed by atoms with Gasteiger partial charge in [-0.25, -0.2) is 9.78 Å². The van der Waals surface area contributed by atoms with E-state index < -0.39 is 0 Å². The molecule has 2 heterocycles. The number of aromatic nitrogens is 1. The van der Waals surface area contributed by atoms with Gasteiger partial charge in [-0.1, -0.05) is 13.8 Å². The maximum absolute atomic E-state index is 12.4. The minimum atomic E-state index is -0.284. The Morgan fingerprint density at radius 1 is 1.32 bits per heavy atom. The maximum atomic E-state index is 12.4. The largest absolute Gasteiger partial charge is 0.449 e. The minimum Gasteiger partial charge on any atom is -0.449 e. The first-order valence-corrected chi connectivity index (χ1v) is 8.72. The fourth-order valence-corrected chi connectivity index (χ4v) is 2.61. The summed E-state index contributed by atoms with van der Waals surface area (Å²) in [4.78, 5) is 32.2. The first-order chi connectivity index (χ1) is 11.9. The summed E-state index contributed by atoms with van der Waals surface area (Å²) in [5, 5.41) is 2.86. The summed E-state index contributed by atoms with van der Waals surface area (Å²) in [5.41, 5.74) is 0.978. The summed E-state index contributed by atoms with van der Waals surface area (Å²) in [6, 6.07) is 3.71. The number of hydrogen-bond donors (Lipinski definition) is 1. The van der Waals surface area contributed by atoms with Crippen molar-refractivity contribution in [1.82, 2.24) is 9.88 Å². The van der Waals surface area contributed by atoms with Crippen LogP contribution in [-0.2, 0) is 9.53 Å². The van der Waals surface area contributed by atoms with E-state index in [4.69, 9.17) is 4.74 Å². The van der Waals surface area contributed by atoms with Crippen LogP contribution in [0.4, 0.5) is 16.3 Å². The number of pyridine rings is 1. The van der Waals surface area contributed by atoms with Gasteiger partial charge in [-0.2, -0.15) is 0 Å². The van der Waals surface area contributed by atoms with E-state index in [-0.39, 0.29) is 17.9 Å². The predicted molar refractivity (Wildman–Crippen MR) is 97.7 cm³/mol. The number of piperidine rings is 1. The summed E-state index contributed by atoms with van der Waals surface area (Å²) in [5.74, 6) is 0.720. The molecule has 0 aliphatic carbocycles. The molecule has 1 aromatic rings. The number of ether oxygens (including phenoxy) is 1. The number of nitrogens with zero attached hydrogens (tertiary/aromatic N) is 3. The molecule has 1 aromatic heterocycles. The van der Waals surface area contributed by atoms with Crippen LogP contribution in [0.15, 0.2) is 18.3 Å². The van der Waals surface area contributed by atoms with Gasteiger partial charge in [0.2, 0.25) is 5.91 Å². The smallest absolute Gasteiger partial charge is 0.409 e. The molecule has 0 aromatic carbocycles. The van der Waals surface area contributed by atoms with Crippen molar-refractivity contribution in [1.29, 1.82) is 0 Å². The predicted octanol–water partition coefficient (Wildman–Crippen LogP) is 2.59. The van der Waals surface area contributed by atoms with Crippen LogP contribution >= 0.6 is 0 Å². The molecule has 0 bridgehead atoms. The molecule has 7 heteroatoms. The average molecular weight is 348 g/mol. The molecule has 0 atom stereocenters. The molecular formula is C18H28N4O3. The highest BCUT2D eigenvalue weighted by Gasteiger charge is 2.28. The molecule has 25 heavy (non-hydrogen) atoms. The van der Waals surface area contributed by atoms with Gasteiger partial charge in [0, 0.05) is 33.1 Å². The molecule has 0 saturated carbocycles. The third-order valence-electron chi connectivity index (χ3n) is 4.18. The first-order valence-electron chi connectivity index (χ1n) is 8.72. The SMILES string of the molecule is CC(C)COC(=O)N1CCC(C(=O)Nc2ccc(N(C)C)cn2)CC1. The zero-order chi connectivity index (χ0) is 18.4. The van der Waals surface area contributed by atoms with Crippen molar-refractivity contribution in [3.05, 3.63) is 18.3 Å². The van der Waals surface area contributed by atoms with E-state index in [2.05, 4.69) is 10.3 Å². The van der Waals surface area contributed by atoms with Crippen LogP contribution in [-0.4, -0.2) is 55.7 Å². The molecule has 0 spiro atoms. The van der Waals surface area contributed by atoms with Gasteiger partial charge in [0.25, 0.3) is 0 Å². The third kappa shape index (κ3) is 5.62. The van der Waals surface area contributed by atoms with Gasteiger partial charge in [-0.15, -0.1) is 0 Å². The fourth-order valence-electron chi connectivity index (χ4n) is 2.61. The van der Waals surface area contributed by atoms with Crippen molar-refractivity contribution in [2.75, 3.05) is 44.0 Å². The Hall–Kier alpha value is -2.31. The van der Waals surface area contributed by atoms with Crippen molar-refractivity contribution in [3.63, 3.8) is 0 Å². The van der Waals surface area contributed by atoms with E-state index in [1.807, 2.05) is 38.9 Å². The summed E-state index contributed by atoms with van der Waals surface area (Å²) in [6.45, 7) is 5.52. The van der Waals surface area contributed by atoms with E-state index in [1.165, 1.54) is 0 Å². The molecule has 1 aliphatic heterocycles. The lowest BCUT2D eigenvalue weighted by atomic mass is 9.96. The Labute approximate surface area is 149 Å². The number of hydrogen-bond acceptors (Lipinski definition) is 5. The number of anilines is 2. The van der Waals surface area contributed by atoms with E-state index in [0.717, 1.165) is 5.69 Å². The van der Waals surface area contributed by atoms with Crippen LogP contribution in [0.1, 0.15) is 26.7 Å². The van der Waals surface area contributed by atoms with Gasteiger partial charge < -0.3 is 19.9 Å². The van der Waals surface area contributed by atoms with Crippen LogP contribution in [0.2, 0.25) is 0 Å². The van der Waals surface area contributed by atoms with Gasteiger partial charge in [0.15, 0.2) is 0 Å². The van der Waals surface area contributed by atoms with Crippen LogP contribution in [0, 0.1) is 11.8 Å². The molecule has 1 fully saturated rings. The van der Waals surface area contributed by atoms with Gasteiger partial charge in [0.1, 0.15) is 5.82 Å². The Morgan fingerprint density at radius 2 is 2.00 bits per heavy atom. The van der Waals surface area contributed by atoms with Gasteiger partial charge in [0.05, 0.1) is 18.5 Å². The Balaban J connectivity index is 1.80. The maximum Gasteiger partial charge on any atom is 0.409 e. The first kappa shape index (κ1) is 19.0. The fraction of sp³-hybridized carbons (Fsp3) is 0.611. The molecule has 2 rings (SSSR count). The second kappa shape index (κ2) is 8.69. The van der Waals surface area contributed by atoms with E-state index >= 15 is 0 Å². The van der Waals surface area contributed by atoms with Crippen LogP contribution in [0.5, 0.6) is 0 Å². The molecular weight excluding hydrogens is 320 g/mol. The minimum absolute atomic E-state index is 0.0414. The summed E-state index contributed by atoms with van der Waals surface area (Å²) < 4.78 is 5.24. The zero-order valence-corrected chi connectivity index (χ0v) is 15.5. The van der Waals surface area contributed by atoms with Crippen molar-refractivity contribution < 1.29 is 14.3 Å². The van der Waals surface area contributed by atoms with Gasteiger partial charge in [-0.3, -0.25) is 4.79 Å². The molecule has 0 unspecified atom stereocenters. The Kier molecular flexibility index (Phi) is 6.61. The standard InChI is InChI=1S/C18H28N4O3/c1-13(2)12-25-18(24)22-9-7-14(8-10-22)17(23)20-16-6-5-15(11-19-16)21(3)4/h5-6,11,13-14H,7-10,12H2,1-4H3,(H,19,20,23). The second-order valence-corrected chi connectivity index (χ2v) is 7.02. The highest BCUT2D eigenvalue weighted by atomic mass is 16.6. The molecule has 138 valence electrons. The molecule has 1 aliphatic rings. The van der Waals surface area contributed by atoms with Crippen molar-refractivity contribution >= 4 is 23.5 Å². The quantitative estimate of drug-likeness (QED) is 0.885. The average Bonchev–Trinajstić information content (AvgIpc) is 2.60. The van der Waals surface area contributed by atoms with E-state index in [9.17, 15) is 9.59 Å². The van der Waals surface area contributed by atoms with Crippen LogP contribution in [0.3, 0.4) is 0 Å². The lowest BCUT2D eigenvalue weighted by Gasteiger charge is -2.30. The lowest BCUT2D eigenvalue weighted by molar-refractivity contribution is -0.121. The van der Waals surface area contributed by atoms with E-state index in [0.29, 0.717) is 44.3 Å². The highest BCUT2D eigenvalue weighted by molar-refractivity contribution is 5.91. The number of amides is 2. The zero-order valence-electron chi connectivity index (χ0n) is 15.5. The monoisotopic (exact) mass is 348 g/mol. The summed E-state index contributed by atoms with van der Waals surface area (Å²) in [6.07, 6.45) is 2.72.